The lowest BCUT2D eigenvalue weighted by atomic mass is 10.1. The molecule has 0 saturated carbocycles. The van der Waals surface area contributed by atoms with E-state index in [1.54, 1.807) is 19.1 Å². The molecule has 0 atom stereocenters. The van der Waals surface area contributed by atoms with Gasteiger partial charge in [-0.05, 0) is 30.7 Å². The summed E-state index contributed by atoms with van der Waals surface area (Å²) in [4.78, 5) is 11.4. The fourth-order valence-corrected chi connectivity index (χ4v) is 1.14. The first-order valence-electron chi connectivity index (χ1n) is 4.86. The Morgan fingerprint density at radius 2 is 2.12 bits per heavy atom. The minimum atomic E-state index is -0.391. The third kappa shape index (κ3) is 3.14. The SMILES string of the molecule is CCNC(=O)C(C#N)=Cc1ccc(O)cc1. The highest BCUT2D eigenvalue weighted by Gasteiger charge is 2.06. The highest BCUT2D eigenvalue weighted by atomic mass is 16.3. The van der Waals surface area contributed by atoms with Gasteiger partial charge in [-0.25, -0.2) is 0 Å². The van der Waals surface area contributed by atoms with Crippen LogP contribution in [-0.4, -0.2) is 17.6 Å². The normalized spacial score (nSPS) is 10.6. The first-order chi connectivity index (χ1) is 7.67. The molecular weight excluding hydrogens is 204 g/mol. The van der Waals surface area contributed by atoms with Crippen molar-refractivity contribution >= 4 is 12.0 Å². The molecule has 82 valence electrons. The van der Waals surface area contributed by atoms with Crippen molar-refractivity contribution in [3.63, 3.8) is 0 Å². The molecule has 1 aromatic carbocycles. The van der Waals surface area contributed by atoms with Crippen LogP contribution in [-0.2, 0) is 4.79 Å². The minimum Gasteiger partial charge on any atom is -0.508 e. The number of amides is 1. The molecule has 0 spiro atoms. The van der Waals surface area contributed by atoms with Crippen LogP contribution in [0.4, 0.5) is 0 Å². The molecule has 0 radical (unpaired) electrons. The number of hydrogen-bond acceptors (Lipinski definition) is 3. The summed E-state index contributed by atoms with van der Waals surface area (Å²) in [5, 5.41) is 20.4. The van der Waals surface area contributed by atoms with Gasteiger partial charge in [0.1, 0.15) is 17.4 Å². The molecule has 2 N–H and O–H groups in total. The largest absolute Gasteiger partial charge is 0.508 e. The number of nitrogens with zero attached hydrogens (tertiary/aromatic N) is 1. The summed E-state index contributed by atoms with van der Waals surface area (Å²) in [5.41, 5.74) is 0.744. The van der Waals surface area contributed by atoms with Crippen molar-refractivity contribution in [3.8, 4) is 11.8 Å². The number of aromatic hydroxyl groups is 1. The molecule has 0 saturated heterocycles. The fourth-order valence-electron chi connectivity index (χ4n) is 1.14. The Labute approximate surface area is 93.8 Å². The van der Waals surface area contributed by atoms with Gasteiger partial charge in [0.2, 0.25) is 0 Å². The summed E-state index contributed by atoms with van der Waals surface area (Å²) >= 11 is 0. The third-order valence-corrected chi connectivity index (χ3v) is 1.91. The predicted octanol–water partition coefficient (Wildman–Crippen LogP) is 1.44. The molecule has 16 heavy (non-hydrogen) atoms. The van der Waals surface area contributed by atoms with E-state index < -0.39 is 5.91 Å². The first kappa shape index (κ1) is 11.8. The summed E-state index contributed by atoms with van der Waals surface area (Å²) in [7, 11) is 0. The van der Waals surface area contributed by atoms with Crippen LogP contribution in [0.15, 0.2) is 29.8 Å². The number of hydrogen-bond donors (Lipinski definition) is 2. The Morgan fingerprint density at radius 3 is 2.62 bits per heavy atom. The van der Waals surface area contributed by atoms with Crippen molar-refractivity contribution in [1.82, 2.24) is 5.32 Å². The molecule has 0 heterocycles. The average molecular weight is 216 g/mol. The van der Waals surface area contributed by atoms with Crippen LogP contribution < -0.4 is 5.32 Å². The molecule has 4 nitrogen and oxygen atoms in total. The number of phenolic OH excluding ortho intramolecular Hbond substituents is 1. The second-order valence-electron chi connectivity index (χ2n) is 3.12. The van der Waals surface area contributed by atoms with E-state index in [1.807, 2.05) is 6.07 Å². The molecule has 1 aromatic rings. The molecule has 1 rings (SSSR count). The van der Waals surface area contributed by atoms with Crippen molar-refractivity contribution in [3.05, 3.63) is 35.4 Å². The van der Waals surface area contributed by atoms with Gasteiger partial charge in [0.05, 0.1) is 0 Å². The number of carbonyl (C=O) groups excluding carboxylic acids is 1. The quantitative estimate of drug-likeness (QED) is 0.593. The Bertz CT molecular complexity index is 441. The van der Waals surface area contributed by atoms with E-state index in [0.717, 1.165) is 0 Å². The van der Waals surface area contributed by atoms with Gasteiger partial charge in [-0.1, -0.05) is 12.1 Å². The Kier molecular flexibility index (Phi) is 4.10. The topological polar surface area (TPSA) is 73.1 Å². The highest BCUT2D eigenvalue weighted by molar-refractivity contribution is 6.01. The van der Waals surface area contributed by atoms with Crippen LogP contribution in [0, 0.1) is 11.3 Å². The lowest BCUT2D eigenvalue weighted by Crippen LogP contribution is -2.23. The van der Waals surface area contributed by atoms with Crippen LogP contribution in [0.1, 0.15) is 12.5 Å². The van der Waals surface area contributed by atoms with Gasteiger partial charge >= 0.3 is 0 Å². The second-order valence-corrected chi connectivity index (χ2v) is 3.12. The molecule has 0 unspecified atom stereocenters. The van der Waals surface area contributed by atoms with Gasteiger partial charge in [0.25, 0.3) is 5.91 Å². The summed E-state index contributed by atoms with van der Waals surface area (Å²) in [6.07, 6.45) is 1.48. The van der Waals surface area contributed by atoms with Gasteiger partial charge in [-0.2, -0.15) is 5.26 Å². The standard InChI is InChI=1S/C12H12N2O2/c1-2-14-12(16)10(8-13)7-9-3-5-11(15)6-4-9/h3-7,15H,2H2,1H3,(H,14,16). The molecule has 0 aliphatic carbocycles. The van der Waals surface area contributed by atoms with Gasteiger partial charge in [-0.3, -0.25) is 4.79 Å². The highest BCUT2D eigenvalue weighted by Crippen LogP contribution is 2.12. The monoisotopic (exact) mass is 216 g/mol. The van der Waals surface area contributed by atoms with Crippen molar-refractivity contribution in [2.75, 3.05) is 6.54 Å². The molecule has 0 bridgehead atoms. The van der Waals surface area contributed by atoms with Crippen LogP contribution in [0.5, 0.6) is 5.75 Å². The van der Waals surface area contributed by atoms with Crippen molar-refractivity contribution < 1.29 is 9.90 Å². The van der Waals surface area contributed by atoms with E-state index in [-0.39, 0.29) is 11.3 Å². The zero-order valence-electron chi connectivity index (χ0n) is 8.90. The summed E-state index contributed by atoms with van der Waals surface area (Å²) in [5.74, 6) is -0.244. The van der Waals surface area contributed by atoms with Crippen LogP contribution >= 0.6 is 0 Å². The Hall–Kier alpha value is -2.28. The third-order valence-electron chi connectivity index (χ3n) is 1.91. The molecule has 4 heteroatoms. The predicted molar refractivity (Wildman–Crippen MR) is 60.4 cm³/mol. The van der Waals surface area contributed by atoms with Crippen molar-refractivity contribution in [2.24, 2.45) is 0 Å². The Morgan fingerprint density at radius 1 is 1.50 bits per heavy atom. The van der Waals surface area contributed by atoms with E-state index in [1.165, 1.54) is 18.2 Å². The summed E-state index contributed by atoms with van der Waals surface area (Å²) < 4.78 is 0. The average Bonchev–Trinajstić information content (AvgIpc) is 2.28. The lowest BCUT2D eigenvalue weighted by molar-refractivity contribution is -0.116. The fraction of sp³-hybridized carbons (Fsp3) is 0.167. The number of benzene rings is 1. The van der Waals surface area contributed by atoms with Crippen molar-refractivity contribution in [2.45, 2.75) is 6.92 Å². The summed E-state index contributed by atoms with van der Waals surface area (Å²) in [6.45, 7) is 2.26. The zero-order chi connectivity index (χ0) is 12.0. The Balaban J connectivity index is 2.92. The number of rotatable bonds is 3. The number of carbonyl (C=O) groups is 1. The second kappa shape index (κ2) is 5.56. The smallest absolute Gasteiger partial charge is 0.261 e. The molecular formula is C12H12N2O2. The van der Waals surface area contributed by atoms with Crippen LogP contribution in [0.25, 0.3) is 6.08 Å². The van der Waals surface area contributed by atoms with E-state index in [0.29, 0.717) is 12.1 Å². The maximum Gasteiger partial charge on any atom is 0.261 e. The van der Waals surface area contributed by atoms with E-state index in [9.17, 15) is 4.79 Å². The number of likely N-dealkylation sites (N-methyl/N-ethyl adjacent to an activating group) is 1. The maximum atomic E-state index is 11.4. The molecule has 1 amide bonds. The van der Waals surface area contributed by atoms with Crippen molar-refractivity contribution in [1.29, 1.82) is 5.26 Å². The first-order valence-corrected chi connectivity index (χ1v) is 4.86. The lowest BCUT2D eigenvalue weighted by Gasteiger charge is -2.00. The van der Waals surface area contributed by atoms with E-state index in [2.05, 4.69) is 5.32 Å². The van der Waals surface area contributed by atoms with Gasteiger partial charge < -0.3 is 10.4 Å². The minimum absolute atomic E-state index is 0.0486. The number of nitriles is 1. The number of phenols is 1. The maximum absolute atomic E-state index is 11.4. The summed E-state index contributed by atoms with van der Waals surface area (Å²) in [6, 6.07) is 8.10. The van der Waals surface area contributed by atoms with E-state index >= 15 is 0 Å². The molecule has 0 aliphatic heterocycles. The zero-order valence-corrected chi connectivity index (χ0v) is 8.90. The van der Waals surface area contributed by atoms with Crippen LogP contribution in [0.3, 0.4) is 0 Å². The molecule has 0 aliphatic rings. The van der Waals surface area contributed by atoms with Gasteiger partial charge in [0.15, 0.2) is 0 Å². The van der Waals surface area contributed by atoms with Gasteiger partial charge in [0, 0.05) is 6.54 Å². The van der Waals surface area contributed by atoms with Crippen LogP contribution in [0.2, 0.25) is 0 Å². The number of nitrogens with one attached hydrogen (secondary N) is 1. The molecule has 0 aromatic heterocycles. The molecule has 0 fully saturated rings. The van der Waals surface area contributed by atoms with Gasteiger partial charge in [-0.15, -0.1) is 0 Å². The van der Waals surface area contributed by atoms with E-state index in [4.69, 9.17) is 10.4 Å².